The van der Waals surface area contributed by atoms with Gasteiger partial charge in [0.2, 0.25) is 0 Å². The van der Waals surface area contributed by atoms with Crippen molar-refractivity contribution < 1.29 is 4.79 Å². The van der Waals surface area contributed by atoms with E-state index in [2.05, 4.69) is 41.2 Å². The summed E-state index contributed by atoms with van der Waals surface area (Å²) >= 11 is 3.16. The molecule has 132 valence electrons. The first kappa shape index (κ1) is 17.1. The molecule has 0 radical (unpaired) electrons. The van der Waals surface area contributed by atoms with Crippen molar-refractivity contribution >= 4 is 29.0 Å². The predicted octanol–water partition coefficient (Wildman–Crippen LogP) is 3.82. The van der Waals surface area contributed by atoms with Crippen LogP contribution in [0.25, 0.3) is 0 Å². The lowest BCUT2D eigenvalue weighted by Gasteiger charge is -2.49. The number of hydrogen-bond donors (Lipinski definition) is 1. The minimum Gasteiger partial charge on any atom is -0.345 e. The van der Waals surface area contributed by atoms with Gasteiger partial charge in [-0.15, -0.1) is 11.3 Å². The Labute approximate surface area is 157 Å². The Morgan fingerprint density at radius 3 is 2.80 bits per heavy atom. The van der Waals surface area contributed by atoms with Crippen molar-refractivity contribution in [2.24, 2.45) is 5.92 Å². The summed E-state index contributed by atoms with van der Waals surface area (Å²) in [6.45, 7) is 6.68. The molecule has 4 nitrogen and oxygen atoms in total. The van der Waals surface area contributed by atoms with E-state index in [-0.39, 0.29) is 11.9 Å². The maximum absolute atomic E-state index is 12.7. The molecule has 5 rings (SSSR count). The first-order chi connectivity index (χ1) is 12.1. The van der Waals surface area contributed by atoms with Gasteiger partial charge in [0.25, 0.3) is 5.91 Å². The predicted molar refractivity (Wildman–Crippen MR) is 102 cm³/mol. The second kappa shape index (κ2) is 7.09. The van der Waals surface area contributed by atoms with Gasteiger partial charge in [-0.3, -0.25) is 9.69 Å². The molecule has 25 heavy (non-hydrogen) atoms. The zero-order chi connectivity index (χ0) is 17.4. The molecule has 1 aromatic heterocycles. The molecule has 1 N–H and O–H groups in total. The Hall–Kier alpha value is -1.37. The van der Waals surface area contributed by atoms with E-state index in [4.69, 9.17) is 0 Å². The molecule has 2 aromatic rings. The maximum atomic E-state index is 12.7. The molecule has 3 saturated heterocycles. The number of aryl methyl sites for hydroxylation is 1. The summed E-state index contributed by atoms with van der Waals surface area (Å²) in [5.41, 5.74) is 1.24. The van der Waals surface area contributed by atoms with Crippen molar-refractivity contribution in [3.8, 4) is 0 Å². The Balaban J connectivity index is 1.43. The summed E-state index contributed by atoms with van der Waals surface area (Å²) in [6.07, 6.45) is 4.21. The summed E-state index contributed by atoms with van der Waals surface area (Å²) in [7, 11) is 0. The smallest absolute Gasteiger partial charge is 0.280 e. The molecule has 2 atom stereocenters. The SMILES string of the molecule is Cc1ccccc1Sc1cnc(C(=O)N[C@@H]2C3CCN(CC3)[C@H]2C)s1. The van der Waals surface area contributed by atoms with Crippen LogP contribution in [0.3, 0.4) is 0 Å². The molecule has 3 fully saturated rings. The molecular formula is C19H23N3OS2. The Kier molecular flexibility index (Phi) is 4.84. The van der Waals surface area contributed by atoms with Crippen LogP contribution in [0.5, 0.6) is 0 Å². The first-order valence-corrected chi connectivity index (χ1v) is 10.5. The van der Waals surface area contributed by atoms with Gasteiger partial charge in [0.1, 0.15) is 0 Å². The van der Waals surface area contributed by atoms with E-state index in [1.807, 2.05) is 18.3 Å². The number of rotatable bonds is 4. The fourth-order valence-corrected chi connectivity index (χ4v) is 5.87. The minimum absolute atomic E-state index is 0.0211. The number of amides is 1. The fraction of sp³-hybridized carbons (Fsp3) is 0.474. The molecule has 2 bridgehead atoms. The van der Waals surface area contributed by atoms with Crippen molar-refractivity contribution in [2.75, 3.05) is 13.1 Å². The van der Waals surface area contributed by atoms with Crippen molar-refractivity contribution in [1.29, 1.82) is 0 Å². The summed E-state index contributed by atoms with van der Waals surface area (Å²) in [5, 5.41) is 3.83. The van der Waals surface area contributed by atoms with Crippen LogP contribution >= 0.6 is 23.1 Å². The molecular weight excluding hydrogens is 350 g/mol. The first-order valence-electron chi connectivity index (χ1n) is 8.86. The molecule has 0 unspecified atom stereocenters. The fourth-order valence-electron chi connectivity index (χ4n) is 3.95. The third-order valence-electron chi connectivity index (χ3n) is 5.46. The van der Waals surface area contributed by atoms with E-state index >= 15 is 0 Å². The second-order valence-electron chi connectivity index (χ2n) is 6.97. The average Bonchev–Trinajstić information content (AvgIpc) is 3.09. The maximum Gasteiger partial charge on any atom is 0.280 e. The van der Waals surface area contributed by atoms with E-state index in [0.29, 0.717) is 17.0 Å². The highest BCUT2D eigenvalue weighted by Gasteiger charge is 2.40. The van der Waals surface area contributed by atoms with Crippen LogP contribution in [0.1, 0.15) is 35.1 Å². The van der Waals surface area contributed by atoms with Gasteiger partial charge in [0.15, 0.2) is 5.01 Å². The van der Waals surface area contributed by atoms with E-state index in [9.17, 15) is 4.79 Å². The monoisotopic (exact) mass is 373 g/mol. The topological polar surface area (TPSA) is 45.2 Å². The standard InChI is InChI=1S/C19H23N3OS2/c1-12-5-3-4-6-15(12)24-16-11-20-19(25-16)18(23)21-17-13(2)22-9-7-14(17)8-10-22/h3-6,11,13-14,17H,7-10H2,1-2H3,(H,21,23)/t13-,17-/m0/s1. The van der Waals surface area contributed by atoms with Gasteiger partial charge in [0, 0.05) is 17.0 Å². The van der Waals surface area contributed by atoms with Gasteiger partial charge >= 0.3 is 0 Å². The van der Waals surface area contributed by atoms with Crippen LogP contribution in [0.2, 0.25) is 0 Å². The van der Waals surface area contributed by atoms with Gasteiger partial charge in [-0.05, 0) is 57.3 Å². The number of thiazole rings is 1. The highest BCUT2D eigenvalue weighted by Crippen LogP contribution is 2.35. The highest BCUT2D eigenvalue weighted by atomic mass is 32.2. The molecule has 0 saturated carbocycles. The van der Waals surface area contributed by atoms with Gasteiger partial charge < -0.3 is 5.32 Å². The third-order valence-corrected chi connectivity index (χ3v) is 7.73. The largest absolute Gasteiger partial charge is 0.345 e. The molecule has 4 heterocycles. The molecule has 3 aliphatic rings. The lowest BCUT2D eigenvalue weighted by molar-refractivity contribution is 0.0217. The van der Waals surface area contributed by atoms with Crippen LogP contribution in [-0.4, -0.2) is 41.0 Å². The van der Waals surface area contributed by atoms with E-state index < -0.39 is 0 Å². The van der Waals surface area contributed by atoms with Crippen LogP contribution in [0.4, 0.5) is 0 Å². The molecule has 6 heteroatoms. The number of carbonyl (C=O) groups excluding carboxylic acids is 1. The number of carbonyl (C=O) groups is 1. The number of benzene rings is 1. The Morgan fingerprint density at radius 2 is 2.08 bits per heavy atom. The van der Waals surface area contributed by atoms with Crippen molar-refractivity contribution in [3.05, 3.63) is 41.0 Å². The number of aromatic nitrogens is 1. The van der Waals surface area contributed by atoms with Gasteiger partial charge in [-0.25, -0.2) is 4.98 Å². The summed E-state index contributed by atoms with van der Waals surface area (Å²) in [5.74, 6) is 0.594. The minimum atomic E-state index is -0.0211. The quantitative estimate of drug-likeness (QED) is 0.885. The number of nitrogens with zero attached hydrogens (tertiary/aromatic N) is 2. The van der Waals surface area contributed by atoms with Crippen molar-refractivity contribution in [3.63, 3.8) is 0 Å². The number of piperidine rings is 3. The Morgan fingerprint density at radius 1 is 1.32 bits per heavy atom. The van der Waals surface area contributed by atoms with Gasteiger partial charge in [0.05, 0.1) is 10.4 Å². The number of nitrogens with one attached hydrogen (secondary N) is 1. The number of hydrogen-bond acceptors (Lipinski definition) is 5. The molecule has 0 spiro atoms. The van der Waals surface area contributed by atoms with E-state index in [1.165, 1.54) is 47.7 Å². The average molecular weight is 374 g/mol. The van der Waals surface area contributed by atoms with Crippen LogP contribution in [0.15, 0.2) is 39.6 Å². The van der Waals surface area contributed by atoms with E-state index in [1.54, 1.807) is 11.8 Å². The van der Waals surface area contributed by atoms with Crippen molar-refractivity contribution in [2.45, 2.75) is 47.9 Å². The summed E-state index contributed by atoms with van der Waals surface area (Å²) in [4.78, 5) is 20.7. The summed E-state index contributed by atoms with van der Waals surface area (Å²) < 4.78 is 1.06. The molecule has 0 aliphatic carbocycles. The summed E-state index contributed by atoms with van der Waals surface area (Å²) in [6, 6.07) is 8.97. The second-order valence-corrected chi connectivity index (χ2v) is 9.34. The lowest BCUT2D eigenvalue weighted by Crippen LogP contribution is -2.62. The van der Waals surface area contributed by atoms with Crippen LogP contribution < -0.4 is 5.32 Å². The molecule has 3 aliphatic heterocycles. The van der Waals surface area contributed by atoms with Crippen LogP contribution in [0, 0.1) is 12.8 Å². The normalized spacial score (nSPS) is 28.1. The Bertz CT molecular complexity index is 766. The van der Waals surface area contributed by atoms with Gasteiger partial charge in [-0.2, -0.15) is 0 Å². The lowest BCUT2D eigenvalue weighted by atomic mass is 9.79. The molecule has 1 aromatic carbocycles. The van der Waals surface area contributed by atoms with Crippen LogP contribution in [-0.2, 0) is 0 Å². The third kappa shape index (κ3) is 3.48. The van der Waals surface area contributed by atoms with Crippen molar-refractivity contribution in [1.82, 2.24) is 15.2 Å². The zero-order valence-corrected chi connectivity index (χ0v) is 16.2. The number of fused-ring (bicyclic) bond motifs is 3. The highest BCUT2D eigenvalue weighted by molar-refractivity contribution is 8.01. The van der Waals surface area contributed by atoms with E-state index in [0.717, 1.165) is 4.21 Å². The molecule has 1 amide bonds. The zero-order valence-electron chi connectivity index (χ0n) is 14.6. The van der Waals surface area contributed by atoms with Gasteiger partial charge in [-0.1, -0.05) is 30.0 Å².